The average Bonchev–Trinajstić information content (AvgIpc) is 3.00. The van der Waals surface area contributed by atoms with Gasteiger partial charge in [0.15, 0.2) is 28.8 Å². The van der Waals surface area contributed by atoms with E-state index in [2.05, 4.69) is 10.6 Å². The molecule has 0 aromatic heterocycles. The first-order valence-electron chi connectivity index (χ1n) is 13.8. The Bertz CT molecular complexity index is 1590. The van der Waals surface area contributed by atoms with Crippen LogP contribution in [0.15, 0.2) is 83.2 Å². The Hall–Kier alpha value is -4.72. The third-order valence-electron chi connectivity index (χ3n) is 8.01. The Morgan fingerprint density at radius 2 is 1.55 bits per heavy atom. The van der Waals surface area contributed by atoms with Gasteiger partial charge >= 0.3 is 0 Å². The van der Waals surface area contributed by atoms with Crippen LogP contribution in [0, 0.1) is 6.92 Å². The van der Waals surface area contributed by atoms with E-state index in [9.17, 15) is 9.59 Å². The quantitative estimate of drug-likeness (QED) is 0.343. The van der Waals surface area contributed by atoms with Gasteiger partial charge in [-0.2, -0.15) is 0 Å². The number of aryl methyl sites for hydroxylation is 1. The molecule has 42 heavy (non-hydrogen) atoms. The summed E-state index contributed by atoms with van der Waals surface area (Å²) in [6.45, 7) is 3.87. The van der Waals surface area contributed by atoms with Crippen LogP contribution in [0.4, 0.5) is 5.69 Å². The first-order chi connectivity index (χ1) is 20.3. The van der Waals surface area contributed by atoms with Crippen LogP contribution in [0.5, 0.6) is 23.0 Å². The Balaban J connectivity index is 1.60. The molecule has 2 N–H and O–H groups in total. The Labute approximate surface area is 246 Å². The minimum Gasteiger partial charge on any atom is -0.493 e. The number of rotatable bonds is 8. The summed E-state index contributed by atoms with van der Waals surface area (Å²) in [6.07, 6.45) is 0.869. The van der Waals surface area contributed by atoms with E-state index in [4.69, 9.17) is 18.9 Å². The molecular formula is C34H36N2O6. The molecule has 0 bridgehead atoms. The van der Waals surface area contributed by atoms with Crippen molar-refractivity contribution in [3.05, 3.63) is 99.9 Å². The second kappa shape index (κ2) is 12.0. The van der Waals surface area contributed by atoms with Gasteiger partial charge < -0.3 is 29.6 Å². The van der Waals surface area contributed by atoms with Crippen LogP contribution in [0.25, 0.3) is 0 Å². The molecule has 0 fully saturated rings. The number of nitrogens with one attached hydrogen (secondary N) is 2. The summed E-state index contributed by atoms with van der Waals surface area (Å²) in [7, 11) is 6.33. The number of carbonyl (C=O) groups is 2. The van der Waals surface area contributed by atoms with Gasteiger partial charge in [0.2, 0.25) is 0 Å². The monoisotopic (exact) mass is 568 g/mol. The third kappa shape index (κ3) is 5.32. The molecule has 1 amide bonds. The molecule has 0 unspecified atom stereocenters. The van der Waals surface area contributed by atoms with Gasteiger partial charge in [0.05, 0.1) is 34.4 Å². The number of benzene rings is 3. The molecule has 3 aromatic carbocycles. The predicted octanol–water partition coefficient (Wildman–Crippen LogP) is 6.03. The largest absolute Gasteiger partial charge is 0.493 e. The average molecular weight is 569 g/mol. The summed E-state index contributed by atoms with van der Waals surface area (Å²) in [5.41, 5.74) is 5.93. The van der Waals surface area contributed by atoms with Crippen molar-refractivity contribution in [2.45, 2.75) is 38.5 Å². The van der Waals surface area contributed by atoms with E-state index >= 15 is 0 Å². The number of allylic oxidation sites excluding steroid dienone is 3. The standard InChI is InChI=1S/C34H36N2O6/c1-19-10-13-23(14-11-19)36-34(38)30-20(2)35-25-16-22(21-12-15-27(39-3)29(18-21)41-5)17-26(37)32(25)31(30)24-8-7-9-28(40-4)33(24)42-6/h7-15,18,22,31,35H,16-17H2,1-6H3,(H,36,38)/t22-,31+/m0/s1. The number of Topliss-reactive ketones (excluding diaryl/α,β-unsaturated/α-hetero) is 1. The summed E-state index contributed by atoms with van der Waals surface area (Å²) < 4.78 is 22.3. The van der Waals surface area contributed by atoms with Gasteiger partial charge in [-0.1, -0.05) is 35.9 Å². The van der Waals surface area contributed by atoms with Crippen molar-refractivity contribution in [1.29, 1.82) is 0 Å². The molecule has 8 nitrogen and oxygen atoms in total. The maximum atomic E-state index is 14.1. The highest BCUT2D eigenvalue weighted by molar-refractivity contribution is 6.10. The molecule has 0 spiro atoms. The second-order valence-electron chi connectivity index (χ2n) is 10.5. The van der Waals surface area contributed by atoms with Gasteiger partial charge in [-0.3, -0.25) is 9.59 Å². The lowest BCUT2D eigenvalue weighted by molar-refractivity contribution is -0.116. The van der Waals surface area contributed by atoms with Crippen molar-refractivity contribution >= 4 is 17.4 Å². The summed E-state index contributed by atoms with van der Waals surface area (Å²) in [5, 5.41) is 6.48. The molecule has 2 atom stereocenters. The predicted molar refractivity (Wildman–Crippen MR) is 161 cm³/mol. The van der Waals surface area contributed by atoms with Crippen LogP contribution in [-0.2, 0) is 9.59 Å². The maximum Gasteiger partial charge on any atom is 0.254 e. The molecule has 1 heterocycles. The zero-order chi connectivity index (χ0) is 30.0. The van der Waals surface area contributed by atoms with Crippen molar-refractivity contribution in [3.8, 4) is 23.0 Å². The number of carbonyl (C=O) groups excluding carboxylic acids is 2. The van der Waals surface area contributed by atoms with E-state index in [1.807, 2.05) is 68.4 Å². The number of amides is 1. The summed E-state index contributed by atoms with van der Waals surface area (Å²) >= 11 is 0. The smallest absolute Gasteiger partial charge is 0.254 e. The number of ether oxygens (including phenoxy) is 4. The van der Waals surface area contributed by atoms with Gasteiger partial charge in [0, 0.05) is 40.2 Å². The van der Waals surface area contributed by atoms with Crippen LogP contribution in [0.3, 0.4) is 0 Å². The lowest BCUT2D eigenvalue weighted by Gasteiger charge is -2.37. The highest BCUT2D eigenvalue weighted by Crippen LogP contribution is 2.49. The van der Waals surface area contributed by atoms with E-state index in [0.717, 1.165) is 16.8 Å². The lowest BCUT2D eigenvalue weighted by atomic mass is 9.71. The van der Waals surface area contributed by atoms with Crippen molar-refractivity contribution in [2.75, 3.05) is 33.8 Å². The molecule has 1 aliphatic heterocycles. The number of ketones is 1. The zero-order valence-corrected chi connectivity index (χ0v) is 24.8. The first-order valence-corrected chi connectivity index (χ1v) is 13.8. The van der Waals surface area contributed by atoms with Gasteiger partial charge in [-0.05, 0) is 62.1 Å². The lowest BCUT2D eigenvalue weighted by Crippen LogP contribution is -2.37. The fraction of sp³-hybridized carbons (Fsp3) is 0.294. The second-order valence-corrected chi connectivity index (χ2v) is 10.5. The fourth-order valence-electron chi connectivity index (χ4n) is 5.97. The molecule has 0 radical (unpaired) electrons. The Morgan fingerprint density at radius 1 is 0.833 bits per heavy atom. The maximum absolute atomic E-state index is 14.1. The zero-order valence-electron chi connectivity index (χ0n) is 24.8. The summed E-state index contributed by atoms with van der Waals surface area (Å²) in [5.74, 6) is 1.20. The molecule has 5 rings (SSSR count). The van der Waals surface area contributed by atoms with Crippen LogP contribution < -0.4 is 29.6 Å². The highest BCUT2D eigenvalue weighted by atomic mass is 16.5. The Kier molecular flexibility index (Phi) is 8.24. The van der Waals surface area contributed by atoms with E-state index in [1.54, 1.807) is 34.5 Å². The molecule has 2 aliphatic rings. The number of para-hydroxylation sites is 1. The molecule has 1 aliphatic carbocycles. The van der Waals surface area contributed by atoms with E-state index in [0.29, 0.717) is 57.5 Å². The molecule has 3 aromatic rings. The topological polar surface area (TPSA) is 95.1 Å². The van der Waals surface area contributed by atoms with Crippen molar-refractivity contribution in [3.63, 3.8) is 0 Å². The molecule has 218 valence electrons. The van der Waals surface area contributed by atoms with E-state index in [1.165, 1.54) is 0 Å². The fourth-order valence-corrected chi connectivity index (χ4v) is 5.97. The van der Waals surface area contributed by atoms with Crippen LogP contribution in [0.1, 0.15) is 48.3 Å². The van der Waals surface area contributed by atoms with E-state index < -0.39 is 5.92 Å². The van der Waals surface area contributed by atoms with Gasteiger partial charge in [-0.25, -0.2) is 0 Å². The number of hydrogen-bond acceptors (Lipinski definition) is 7. The van der Waals surface area contributed by atoms with Crippen molar-refractivity contribution < 1.29 is 28.5 Å². The van der Waals surface area contributed by atoms with Crippen molar-refractivity contribution in [2.24, 2.45) is 0 Å². The SMILES string of the molecule is COc1ccc([C@@H]2CC(=O)C3=C(C2)NC(C)=C(C(=O)Nc2ccc(C)cc2)[C@H]3c2cccc(OC)c2OC)cc1OC. The minimum atomic E-state index is -0.657. The van der Waals surface area contributed by atoms with Crippen LogP contribution in [0.2, 0.25) is 0 Å². The summed E-state index contributed by atoms with van der Waals surface area (Å²) in [4.78, 5) is 28.1. The number of hydrogen-bond donors (Lipinski definition) is 2. The van der Waals surface area contributed by atoms with Crippen LogP contribution in [-0.4, -0.2) is 40.1 Å². The van der Waals surface area contributed by atoms with Gasteiger partial charge in [0.25, 0.3) is 5.91 Å². The number of anilines is 1. The number of dihydropyridines is 1. The highest BCUT2D eigenvalue weighted by Gasteiger charge is 2.42. The first kappa shape index (κ1) is 28.8. The molecular weight excluding hydrogens is 532 g/mol. The van der Waals surface area contributed by atoms with E-state index in [-0.39, 0.29) is 24.0 Å². The minimum absolute atomic E-state index is 0.0356. The third-order valence-corrected chi connectivity index (χ3v) is 8.01. The molecule has 0 saturated heterocycles. The Morgan fingerprint density at radius 3 is 2.21 bits per heavy atom. The number of methoxy groups -OCH3 is 4. The normalized spacial score (nSPS) is 18.2. The summed E-state index contributed by atoms with van der Waals surface area (Å²) in [6, 6.07) is 18.9. The molecule has 8 heteroatoms. The van der Waals surface area contributed by atoms with Gasteiger partial charge in [-0.15, -0.1) is 0 Å². The van der Waals surface area contributed by atoms with Gasteiger partial charge in [0.1, 0.15) is 0 Å². The molecule has 0 saturated carbocycles. The van der Waals surface area contributed by atoms with Crippen LogP contribution >= 0.6 is 0 Å². The van der Waals surface area contributed by atoms with Crippen molar-refractivity contribution in [1.82, 2.24) is 5.32 Å².